The van der Waals surface area contributed by atoms with Crippen LogP contribution in [0.3, 0.4) is 0 Å². The van der Waals surface area contributed by atoms with Crippen molar-refractivity contribution in [2.75, 3.05) is 5.32 Å². The van der Waals surface area contributed by atoms with Gasteiger partial charge in [-0.25, -0.2) is 0 Å². The predicted molar refractivity (Wildman–Crippen MR) is 75.1 cm³/mol. The van der Waals surface area contributed by atoms with E-state index >= 15 is 0 Å². The van der Waals surface area contributed by atoms with Crippen molar-refractivity contribution in [1.82, 2.24) is 10.2 Å². The molecule has 0 unspecified atom stereocenters. The molecule has 0 amide bonds. The molecule has 0 spiro atoms. The first-order chi connectivity index (χ1) is 9.31. The van der Waals surface area contributed by atoms with Gasteiger partial charge in [0.2, 0.25) is 0 Å². The predicted octanol–water partition coefficient (Wildman–Crippen LogP) is 2.85. The molecule has 19 heavy (non-hydrogen) atoms. The molecule has 104 valence electrons. The van der Waals surface area contributed by atoms with Crippen LogP contribution in [0.2, 0.25) is 0 Å². The van der Waals surface area contributed by atoms with Crippen LogP contribution in [-0.4, -0.2) is 27.4 Å². The number of nitrogens with one attached hydrogen (secondary N) is 1. The molecule has 3 rings (SSSR count). The third-order valence-electron chi connectivity index (χ3n) is 4.51. The van der Waals surface area contributed by atoms with Crippen molar-refractivity contribution in [2.24, 2.45) is 0 Å². The Morgan fingerprint density at radius 1 is 0.947 bits per heavy atom. The zero-order valence-corrected chi connectivity index (χ0v) is 11.4. The van der Waals surface area contributed by atoms with Crippen LogP contribution in [0.15, 0.2) is 12.1 Å². The van der Waals surface area contributed by atoms with E-state index in [1.807, 2.05) is 0 Å². The van der Waals surface area contributed by atoms with Gasteiger partial charge in [-0.2, -0.15) is 5.10 Å². The number of nitrogens with zero attached hydrogens (tertiary/aromatic N) is 2. The van der Waals surface area contributed by atoms with E-state index < -0.39 is 0 Å². The van der Waals surface area contributed by atoms with Gasteiger partial charge in [-0.15, -0.1) is 5.10 Å². The molecule has 1 aromatic heterocycles. The van der Waals surface area contributed by atoms with Crippen LogP contribution in [0, 0.1) is 0 Å². The molecule has 2 saturated carbocycles. The highest BCUT2D eigenvalue weighted by atomic mass is 16.3. The standard InChI is InChI=1S/C15H23N3O/c19-13-7-5-12(6-8-13)16-15-10-9-14(17-18-15)11-3-1-2-4-11/h9-13,19H,1-8H2,(H,16,18). The lowest BCUT2D eigenvalue weighted by atomic mass is 9.93. The number of hydrogen-bond acceptors (Lipinski definition) is 4. The molecule has 0 atom stereocenters. The van der Waals surface area contributed by atoms with Gasteiger partial charge in [-0.3, -0.25) is 0 Å². The smallest absolute Gasteiger partial charge is 0.148 e. The number of anilines is 1. The molecule has 4 heteroatoms. The summed E-state index contributed by atoms with van der Waals surface area (Å²) >= 11 is 0. The van der Waals surface area contributed by atoms with Crippen LogP contribution in [0.5, 0.6) is 0 Å². The van der Waals surface area contributed by atoms with Crippen molar-refractivity contribution >= 4 is 5.82 Å². The van der Waals surface area contributed by atoms with Crippen molar-refractivity contribution in [3.63, 3.8) is 0 Å². The number of aromatic nitrogens is 2. The minimum absolute atomic E-state index is 0.103. The lowest BCUT2D eigenvalue weighted by Crippen LogP contribution is -2.28. The Bertz CT molecular complexity index is 392. The maximum absolute atomic E-state index is 9.49. The molecule has 2 aliphatic carbocycles. The van der Waals surface area contributed by atoms with Gasteiger partial charge in [0, 0.05) is 12.0 Å². The lowest BCUT2D eigenvalue weighted by molar-refractivity contribution is 0.126. The first-order valence-corrected chi connectivity index (χ1v) is 7.59. The zero-order valence-electron chi connectivity index (χ0n) is 11.4. The van der Waals surface area contributed by atoms with E-state index in [0.29, 0.717) is 12.0 Å². The quantitative estimate of drug-likeness (QED) is 0.878. The van der Waals surface area contributed by atoms with Crippen LogP contribution < -0.4 is 5.32 Å². The Hall–Kier alpha value is -1.16. The minimum atomic E-state index is -0.103. The van der Waals surface area contributed by atoms with Crippen LogP contribution >= 0.6 is 0 Å². The first kappa shape index (κ1) is 12.9. The summed E-state index contributed by atoms with van der Waals surface area (Å²) < 4.78 is 0. The van der Waals surface area contributed by atoms with E-state index in [2.05, 4.69) is 27.6 Å². The number of rotatable bonds is 3. The molecule has 0 bridgehead atoms. The average molecular weight is 261 g/mol. The van der Waals surface area contributed by atoms with Gasteiger partial charge in [-0.1, -0.05) is 12.8 Å². The Labute approximate surface area is 114 Å². The molecule has 2 aliphatic rings. The van der Waals surface area contributed by atoms with Crippen molar-refractivity contribution in [1.29, 1.82) is 0 Å². The molecule has 0 aliphatic heterocycles. The molecule has 1 aromatic rings. The second kappa shape index (κ2) is 5.87. The summed E-state index contributed by atoms with van der Waals surface area (Å²) in [5.74, 6) is 1.51. The summed E-state index contributed by atoms with van der Waals surface area (Å²) in [6.07, 6.45) is 8.92. The SMILES string of the molecule is OC1CCC(Nc2ccc(C3CCCC3)nn2)CC1. The molecule has 1 heterocycles. The van der Waals surface area contributed by atoms with E-state index in [1.165, 1.54) is 25.7 Å². The second-order valence-electron chi connectivity index (χ2n) is 5.97. The molecule has 0 radical (unpaired) electrons. The Morgan fingerprint density at radius 3 is 2.32 bits per heavy atom. The van der Waals surface area contributed by atoms with Gasteiger partial charge in [0.15, 0.2) is 0 Å². The third kappa shape index (κ3) is 3.24. The molecule has 2 fully saturated rings. The van der Waals surface area contributed by atoms with Crippen LogP contribution in [-0.2, 0) is 0 Å². The molecule has 2 N–H and O–H groups in total. The highest BCUT2D eigenvalue weighted by molar-refractivity contribution is 5.35. The van der Waals surface area contributed by atoms with Crippen molar-refractivity contribution in [2.45, 2.75) is 69.4 Å². The van der Waals surface area contributed by atoms with Gasteiger partial charge in [-0.05, 0) is 50.7 Å². The maximum atomic E-state index is 9.49. The molecule has 4 nitrogen and oxygen atoms in total. The summed E-state index contributed by atoms with van der Waals surface area (Å²) in [6, 6.07) is 4.63. The molecular formula is C15H23N3O. The first-order valence-electron chi connectivity index (χ1n) is 7.59. The number of aliphatic hydroxyl groups is 1. The van der Waals surface area contributed by atoms with Gasteiger partial charge < -0.3 is 10.4 Å². The van der Waals surface area contributed by atoms with E-state index in [-0.39, 0.29) is 6.10 Å². The largest absolute Gasteiger partial charge is 0.393 e. The average Bonchev–Trinajstić information content (AvgIpc) is 2.96. The molecule has 0 aromatic carbocycles. The fourth-order valence-corrected chi connectivity index (χ4v) is 3.29. The lowest BCUT2D eigenvalue weighted by Gasteiger charge is -2.26. The van der Waals surface area contributed by atoms with E-state index in [4.69, 9.17) is 0 Å². The van der Waals surface area contributed by atoms with Gasteiger partial charge >= 0.3 is 0 Å². The summed E-state index contributed by atoms with van der Waals surface area (Å²) in [4.78, 5) is 0. The maximum Gasteiger partial charge on any atom is 0.148 e. The fraction of sp³-hybridized carbons (Fsp3) is 0.733. The van der Waals surface area contributed by atoms with Crippen molar-refractivity contribution in [3.05, 3.63) is 17.8 Å². The Morgan fingerprint density at radius 2 is 1.68 bits per heavy atom. The minimum Gasteiger partial charge on any atom is -0.393 e. The van der Waals surface area contributed by atoms with E-state index in [1.54, 1.807) is 0 Å². The van der Waals surface area contributed by atoms with Crippen LogP contribution in [0.4, 0.5) is 5.82 Å². The van der Waals surface area contributed by atoms with Crippen LogP contribution in [0.1, 0.15) is 63.0 Å². The van der Waals surface area contributed by atoms with Gasteiger partial charge in [0.25, 0.3) is 0 Å². The summed E-state index contributed by atoms with van der Waals surface area (Å²) in [5.41, 5.74) is 1.15. The topological polar surface area (TPSA) is 58.0 Å². The number of aliphatic hydroxyl groups excluding tert-OH is 1. The normalized spacial score (nSPS) is 28.5. The van der Waals surface area contributed by atoms with E-state index in [9.17, 15) is 5.11 Å². The fourth-order valence-electron chi connectivity index (χ4n) is 3.29. The van der Waals surface area contributed by atoms with Crippen LogP contribution in [0.25, 0.3) is 0 Å². The second-order valence-corrected chi connectivity index (χ2v) is 5.97. The summed E-state index contributed by atoms with van der Waals surface area (Å²) in [5, 5.41) is 21.6. The number of hydrogen-bond donors (Lipinski definition) is 2. The molecule has 0 saturated heterocycles. The zero-order chi connectivity index (χ0) is 13.1. The highest BCUT2D eigenvalue weighted by Gasteiger charge is 2.21. The Kier molecular flexibility index (Phi) is 3.97. The van der Waals surface area contributed by atoms with Gasteiger partial charge in [0.1, 0.15) is 5.82 Å². The third-order valence-corrected chi connectivity index (χ3v) is 4.51. The highest BCUT2D eigenvalue weighted by Crippen LogP contribution is 2.32. The van der Waals surface area contributed by atoms with Crippen molar-refractivity contribution in [3.8, 4) is 0 Å². The monoisotopic (exact) mass is 261 g/mol. The Balaban J connectivity index is 1.56. The summed E-state index contributed by atoms with van der Waals surface area (Å²) in [7, 11) is 0. The van der Waals surface area contributed by atoms with E-state index in [0.717, 1.165) is 37.2 Å². The van der Waals surface area contributed by atoms with Gasteiger partial charge in [0.05, 0.1) is 11.8 Å². The summed E-state index contributed by atoms with van der Waals surface area (Å²) in [6.45, 7) is 0. The molecular weight excluding hydrogens is 238 g/mol. The van der Waals surface area contributed by atoms with Crippen molar-refractivity contribution < 1.29 is 5.11 Å².